The number of imidazole rings is 1. The van der Waals surface area contributed by atoms with E-state index < -0.39 is 17.4 Å². The SMILES string of the molecule is O=c1[nH]c(Oc2cccc(C(F)(F)F)n2)nc2nc(CCCC3CCCC3)[nH]c12. The van der Waals surface area contributed by atoms with Gasteiger partial charge in [-0.1, -0.05) is 38.2 Å². The summed E-state index contributed by atoms with van der Waals surface area (Å²) in [5.41, 5.74) is -1.23. The Morgan fingerprint density at radius 2 is 1.90 bits per heavy atom. The van der Waals surface area contributed by atoms with Gasteiger partial charge in [-0.2, -0.15) is 18.2 Å². The molecule has 1 aliphatic carbocycles. The summed E-state index contributed by atoms with van der Waals surface area (Å²) < 4.78 is 43.6. The Labute approximate surface area is 163 Å². The molecular formula is C19H20F3N5O2. The lowest BCUT2D eigenvalue weighted by Crippen LogP contribution is -2.11. The molecule has 3 aromatic rings. The van der Waals surface area contributed by atoms with Crippen molar-refractivity contribution < 1.29 is 17.9 Å². The third-order valence-corrected chi connectivity index (χ3v) is 5.10. The molecule has 154 valence electrons. The largest absolute Gasteiger partial charge is 0.433 e. The van der Waals surface area contributed by atoms with Crippen molar-refractivity contribution in [3.8, 4) is 11.9 Å². The topological polar surface area (TPSA) is 96.6 Å². The third-order valence-electron chi connectivity index (χ3n) is 5.10. The number of rotatable bonds is 6. The highest BCUT2D eigenvalue weighted by atomic mass is 19.4. The van der Waals surface area contributed by atoms with E-state index in [9.17, 15) is 18.0 Å². The summed E-state index contributed by atoms with van der Waals surface area (Å²) in [7, 11) is 0. The van der Waals surface area contributed by atoms with E-state index in [1.165, 1.54) is 37.8 Å². The number of nitrogens with one attached hydrogen (secondary N) is 2. The van der Waals surface area contributed by atoms with Crippen molar-refractivity contribution in [2.75, 3.05) is 0 Å². The van der Waals surface area contributed by atoms with E-state index in [-0.39, 0.29) is 23.1 Å². The Morgan fingerprint density at radius 3 is 2.66 bits per heavy atom. The van der Waals surface area contributed by atoms with Crippen LogP contribution in [0.3, 0.4) is 0 Å². The number of H-pyrrole nitrogens is 2. The van der Waals surface area contributed by atoms with Crippen LogP contribution in [-0.4, -0.2) is 24.9 Å². The van der Waals surface area contributed by atoms with Gasteiger partial charge in [0.2, 0.25) is 5.88 Å². The third kappa shape index (κ3) is 4.57. The summed E-state index contributed by atoms with van der Waals surface area (Å²) >= 11 is 0. The molecule has 3 aromatic heterocycles. The van der Waals surface area contributed by atoms with Crippen LogP contribution in [0, 0.1) is 5.92 Å². The number of ether oxygens (including phenoxy) is 1. The highest BCUT2D eigenvalue weighted by Crippen LogP contribution is 2.30. The molecule has 7 nitrogen and oxygen atoms in total. The lowest BCUT2D eigenvalue weighted by molar-refractivity contribution is -0.141. The number of hydrogen-bond donors (Lipinski definition) is 2. The van der Waals surface area contributed by atoms with Gasteiger partial charge in [0.15, 0.2) is 11.2 Å². The number of alkyl halides is 3. The molecule has 1 saturated carbocycles. The van der Waals surface area contributed by atoms with Gasteiger partial charge in [0.1, 0.15) is 11.5 Å². The molecule has 0 saturated heterocycles. The molecule has 29 heavy (non-hydrogen) atoms. The monoisotopic (exact) mass is 407 g/mol. The normalized spacial score (nSPS) is 15.3. The van der Waals surface area contributed by atoms with E-state index in [2.05, 4.69) is 24.9 Å². The maximum atomic E-state index is 12.8. The number of halogens is 3. The first kappa shape index (κ1) is 19.4. The van der Waals surface area contributed by atoms with Crippen molar-refractivity contribution in [1.82, 2.24) is 24.9 Å². The number of nitrogens with zero attached hydrogens (tertiary/aromatic N) is 3. The number of hydrogen-bond acceptors (Lipinski definition) is 5. The zero-order valence-corrected chi connectivity index (χ0v) is 15.6. The van der Waals surface area contributed by atoms with Crippen molar-refractivity contribution in [2.45, 2.75) is 51.1 Å². The Bertz CT molecular complexity index is 1050. The van der Waals surface area contributed by atoms with Gasteiger partial charge in [-0.05, 0) is 18.4 Å². The van der Waals surface area contributed by atoms with Gasteiger partial charge in [0, 0.05) is 12.5 Å². The summed E-state index contributed by atoms with van der Waals surface area (Å²) in [4.78, 5) is 29.4. The quantitative estimate of drug-likeness (QED) is 0.633. The number of pyridine rings is 1. The first-order chi connectivity index (χ1) is 13.9. The van der Waals surface area contributed by atoms with Gasteiger partial charge in [-0.3, -0.25) is 9.78 Å². The molecule has 2 N–H and O–H groups in total. The minimum atomic E-state index is -4.60. The fourth-order valence-corrected chi connectivity index (χ4v) is 3.69. The van der Waals surface area contributed by atoms with Crippen LogP contribution in [0.5, 0.6) is 11.9 Å². The van der Waals surface area contributed by atoms with Crippen LogP contribution in [0.2, 0.25) is 0 Å². The van der Waals surface area contributed by atoms with Crippen LogP contribution >= 0.6 is 0 Å². The first-order valence-corrected chi connectivity index (χ1v) is 9.59. The van der Waals surface area contributed by atoms with Crippen molar-refractivity contribution >= 4 is 11.2 Å². The second-order valence-corrected chi connectivity index (χ2v) is 7.26. The lowest BCUT2D eigenvalue weighted by atomic mass is 10.0. The summed E-state index contributed by atoms with van der Waals surface area (Å²) in [5, 5.41) is 0. The van der Waals surface area contributed by atoms with Crippen molar-refractivity contribution in [1.29, 1.82) is 0 Å². The molecule has 0 unspecified atom stereocenters. The molecule has 0 amide bonds. The van der Waals surface area contributed by atoms with E-state index in [1.807, 2.05) is 0 Å². The summed E-state index contributed by atoms with van der Waals surface area (Å²) in [6.07, 6.45) is 3.39. The van der Waals surface area contributed by atoms with Crippen LogP contribution in [0.15, 0.2) is 23.0 Å². The lowest BCUT2D eigenvalue weighted by Gasteiger charge is -2.07. The van der Waals surface area contributed by atoms with E-state index in [4.69, 9.17) is 4.74 Å². The van der Waals surface area contributed by atoms with Gasteiger partial charge < -0.3 is 9.72 Å². The standard InChI is InChI=1S/C19H20F3N5O2/c20-19(21,22)12-8-4-10-14(23-12)29-18-26-16-15(17(28)27-18)24-13(25-16)9-3-7-11-5-1-2-6-11/h4,8,10-11H,1-3,5-7,9H2,(H2,24,25,26,27,28). The van der Waals surface area contributed by atoms with Gasteiger partial charge in [0.05, 0.1) is 0 Å². The van der Waals surface area contributed by atoms with Gasteiger partial charge in [-0.25, -0.2) is 9.97 Å². The van der Waals surface area contributed by atoms with E-state index in [0.717, 1.165) is 24.8 Å². The van der Waals surface area contributed by atoms with Gasteiger partial charge in [-0.15, -0.1) is 0 Å². The van der Waals surface area contributed by atoms with Crippen molar-refractivity contribution in [3.05, 3.63) is 40.1 Å². The molecule has 10 heteroatoms. The molecule has 0 bridgehead atoms. The smallest absolute Gasteiger partial charge is 0.406 e. The molecule has 0 aliphatic heterocycles. The number of aryl methyl sites for hydroxylation is 1. The molecule has 0 atom stereocenters. The summed E-state index contributed by atoms with van der Waals surface area (Å²) in [5.74, 6) is 1.11. The highest BCUT2D eigenvalue weighted by Gasteiger charge is 2.32. The predicted molar refractivity (Wildman–Crippen MR) is 98.7 cm³/mol. The minimum absolute atomic E-state index is 0.159. The maximum Gasteiger partial charge on any atom is 0.433 e. The first-order valence-electron chi connectivity index (χ1n) is 9.59. The van der Waals surface area contributed by atoms with E-state index >= 15 is 0 Å². The molecule has 0 aromatic carbocycles. The van der Waals surface area contributed by atoms with Gasteiger partial charge >= 0.3 is 12.2 Å². The summed E-state index contributed by atoms with van der Waals surface area (Å²) in [6, 6.07) is 2.98. The minimum Gasteiger partial charge on any atom is -0.406 e. The highest BCUT2D eigenvalue weighted by molar-refractivity contribution is 5.69. The summed E-state index contributed by atoms with van der Waals surface area (Å²) in [6.45, 7) is 0. The van der Waals surface area contributed by atoms with Crippen LogP contribution in [0.4, 0.5) is 13.2 Å². The molecular weight excluding hydrogens is 387 g/mol. The Hall–Kier alpha value is -2.91. The number of aromatic amines is 2. The predicted octanol–water partition coefficient (Wildman–Crippen LogP) is 4.37. The molecule has 1 aliphatic rings. The van der Waals surface area contributed by atoms with Crippen molar-refractivity contribution in [3.63, 3.8) is 0 Å². The molecule has 3 heterocycles. The van der Waals surface area contributed by atoms with Crippen LogP contribution < -0.4 is 10.3 Å². The van der Waals surface area contributed by atoms with Crippen LogP contribution in [0.1, 0.15) is 50.0 Å². The molecule has 0 spiro atoms. The zero-order chi connectivity index (χ0) is 20.4. The van der Waals surface area contributed by atoms with Crippen LogP contribution in [0.25, 0.3) is 11.2 Å². The van der Waals surface area contributed by atoms with Crippen LogP contribution in [-0.2, 0) is 12.6 Å². The van der Waals surface area contributed by atoms with E-state index in [1.54, 1.807) is 0 Å². The van der Waals surface area contributed by atoms with E-state index in [0.29, 0.717) is 12.2 Å². The zero-order valence-electron chi connectivity index (χ0n) is 15.6. The fourth-order valence-electron chi connectivity index (χ4n) is 3.69. The molecule has 1 fully saturated rings. The Kier molecular flexibility index (Phi) is 5.25. The Morgan fingerprint density at radius 1 is 1.10 bits per heavy atom. The Balaban J connectivity index is 1.49. The van der Waals surface area contributed by atoms with Crippen molar-refractivity contribution in [2.24, 2.45) is 5.92 Å². The van der Waals surface area contributed by atoms with Gasteiger partial charge in [0.25, 0.3) is 5.56 Å². The maximum absolute atomic E-state index is 12.8. The second kappa shape index (κ2) is 7.84. The molecule has 4 rings (SSSR count). The number of fused-ring (bicyclic) bond motifs is 1. The average Bonchev–Trinajstić information content (AvgIpc) is 3.31. The fraction of sp³-hybridized carbons (Fsp3) is 0.474. The second-order valence-electron chi connectivity index (χ2n) is 7.26. The molecule has 0 radical (unpaired) electrons. The average molecular weight is 407 g/mol. The number of aromatic nitrogens is 5.